The highest BCUT2D eigenvalue weighted by Gasteiger charge is 2.19. The number of amides is 1. The van der Waals surface area contributed by atoms with Crippen LogP contribution in [0.25, 0.3) is 33.7 Å². The van der Waals surface area contributed by atoms with Crippen LogP contribution >= 0.6 is 0 Å². The van der Waals surface area contributed by atoms with Gasteiger partial charge in [-0.1, -0.05) is 18.2 Å². The number of carbonyl (C=O) groups excluding carboxylic acids is 1. The van der Waals surface area contributed by atoms with Gasteiger partial charge in [0.05, 0.1) is 28.3 Å². The number of nitrogens with two attached hydrogens (primary N) is 2. The Labute approximate surface area is 143 Å². The third-order valence-corrected chi connectivity index (χ3v) is 4.24. The maximum absolute atomic E-state index is 12.0. The largest absolute Gasteiger partial charge is 0.368 e. The van der Waals surface area contributed by atoms with Crippen molar-refractivity contribution in [3.8, 4) is 22.8 Å². The highest BCUT2D eigenvalue weighted by atomic mass is 16.1. The normalized spacial score (nSPS) is 11.1. The molecule has 0 saturated heterocycles. The van der Waals surface area contributed by atoms with Crippen LogP contribution in [-0.2, 0) is 7.05 Å². The lowest BCUT2D eigenvalue weighted by Crippen LogP contribution is -2.11. The van der Waals surface area contributed by atoms with Crippen molar-refractivity contribution < 1.29 is 4.79 Å². The second-order valence-corrected chi connectivity index (χ2v) is 5.78. The number of anilines is 1. The molecule has 3 heterocycles. The summed E-state index contributed by atoms with van der Waals surface area (Å²) in [6, 6.07) is 13.4. The number of nitrogens with one attached hydrogen (secondary N) is 1. The van der Waals surface area contributed by atoms with Crippen LogP contribution in [0.1, 0.15) is 10.4 Å². The minimum absolute atomic E-state index is 0.166. The minimum Gasteiger partial charge on any atom is -0.368 e. The van der Waals surface area contributed by atoms with E-state index in [1.807, 2.05) is 41.9 Å². The van der Waals surface area contributed by atoms with Gasteiger partial charge in [0, 0.05) is 24.1 Å². The molecule has 124 valence electrons. The average Bonchev–Trinajstić information content (AvgIpc) is 3.17. The van der Waals surface area contributed by atoms with Gasteiger partial charge in [0.2, 0.25) is 5.95 Å². The number of primary amides is 1. The van der Waals surface area contributed by atoms with Gasteiger partial charge in [-0.25, -0.2) is 9.97 Å². The van der Waals surface area contributed by atoms with E-state index < -0.39 is 5.91 Å². The summed E-state index contributed by atoms with van der Waals surface area (Å²) in [6.45, 7) is 0. The Morgan fingerprint density at radius 3 is 2.72 bits per heavy atom. The zero-order chi connectivity index (χ0) is 17.6. The van der Waals surface area contributed by atoms with Crippen LogP contribution in [0.2, 0.25) is 0 Å². The van der Waals surface area contributed by atoms with Crippen molar-refractivity contribution in [2.24, 2.45) is 12.8 Å². The highest BCUT2D eigenvalue weighted by molar-refractivity contribution is 6.01. The van der Waals surface area contributed by atoms with E-state index in [0.717, 1.165) is 16.6 Å². The van der Waals surface area contributed by atoms with E-state index in [4.69, 9.17) is 11.5 Å². The van der Waals surface area contributed by atoms with Crippen LogP contribution in [-0.4, -0.2) is 25.4 Å². The third-order valence-electron chi connectivity index (χ3n) is 4.24. The Morgan fingerprint density at radius 2 is 2.00 bits per heavy atom. The summed E-state index contributed by atoms with van der Waals surface area (Å²) in [5, 5.41) is 1.08. The number of H-pyrrole nitrogens is 1. The van der Waals surface area contributed by atoms with Gasteiger partial charge in [0.1, 0.15) is 0 Å². The summed E-state index contributed by atoms with van der Waals surface area (Å²) in [4.78, 5) is 23.3. The van der Waals surface area contributed by atoms with E-state index in [2.05, 4.69) is 15.0 Å². The number of aromatic nitrogens is 4. The molecule has 0 aliphatic rings. The van der Waals surface area contributed by atoms with Crippen LogP contribution in [0.3, 0.4) is 0 Å². The highest BCUT2D eigenvalue weighted by Crippen LogP contribution is 2.31. The van der Waals surface area contributed by atoms with E-state index in [1.54, 1.807) is 18.3 Å². The van der Waals surface area contributed by atoms with Gasteiger partial charge in [0.15, 0.2) is 0 Å². The first-order chi connectivity index (χ1) is 12.0. The smallest absolute Gasteiger partial charge is 0.250 e. The first-order valence-electron chi connectivity index (χ1n) is 7.71. The lowest BCUT2D eigenvalue weighted by atomic mass is 10.1. The van der Waals surface area contributed by atoms with Crippen LogP contribution in [0.15, 0.2) is 48.7 Å². The Balaban J connectivity index is 1.94. The predicted molar refractivity (Wildman–Crippen MR) is 96.7 cm³/mol. The van der Waals surface area contributed by atoms with E-state index in [1.165, 1.54) is 0 Å². The van der Waals surface area contributed by atoms with Crippen LogP contribution in [0, 0.1) is 0 Å². The summed E-state index contributed by atoms with van der Waals surface area (Å²) in [6.07, 6.45) is 1.57. The number of nitrogen functional groups attached to an aromatic ring is 1. The van der Waals surface area contributed by atoms with Gasteiger partial charge in [-0.05, 0) is 24.3 Å². The molecule has 0 aliphatic heterocycles. The summed E-state index contributed by atoms with van der Waals surface area (Å²) >= 11 is 0. The average molecular weight is 332 g/mol. The summed E-state index contributed by atoms with van der Waals surface area (Å²) in [7, 11) is 1.95. The van der Waals surface area contributed by atoms with Crippen molar-refractivity contribution in [2.45, 2.75) is 0 Å². The fourth-order valence-corrected chi connectivity index (χ4v) is 3.04. The number of aromatic amines is 1. The lowest BCUT2D eigenvalue weighted by molar-refractivity contribution is 0.100. The molecular weight excluding hydrogens is 316 g/mol. The molecule has 5 N–H and O–H groups in total. The Kier molecular flexibility index (Phi) is 3.28. The number of benzene rings is 1. The van der Waals surface area contributed by atoms with Crippen LogP contribution in [0.4, 0.5) is 5.95 Å². The molecule has 0 spiro atoms. The molecule has 0 atom stereocenters. The molecule has 7 nitrogen and oxygen atoms in total. The fraction of sp³-hybridized carbons (Fsp3) is 0.0556. The Bertz CT molecular complexity index is 1110. The van der Waals surface area contributed by atoms with Crippen LogP contribution < -0.4 is 11.5 Å². The molecule has 4 aromatic rings. The standard InChI is InChI=1S/C18H16N6O/c1-24-14-5-3-2-4-10(14)8-15(24)16-11(17(19)25)9-13(22-16)12-6-7-21-18(20)23-12/h2-9,22H,1H3,(H2,19,25)(H2,20,21,23). The first kappa shape index (κ1) is 14.9. The molecule has 0 fully saturated rings. The van der Waals surface area contributed by atoms with E-state index >= 15 is 0 Å². The molecule has 0 bridgehead atoms. The van der Waals surface area contributed by atoms with Crippen molar-refractivity contribution in [1.82, 2.24) is 19.5 Å². The molecule has 25 heavy (non-hydrogen) atoms. The number of hydrogen-bond donors (Lipinski definition) is 3. The predicted octanol–water partition coefficient (Wildman–Crippen LogP) is 2.31. The van der Waals surface area contributed by atoms with Crippen molar-refractivity contribution in [1.29, 1.82) is 0 Å². The molecule has 0 radical (unpaired) electrons. The van der Waals surface area contributed by atoms with E-state index in [0.29, 0.717) is 22.6 Å². The van der Waals surface area contributed by atoms with Gasteiger partial charge in [-0.2, -0.15) is 0 Å². The molecule has 0 unspecified atom stereocenters. The van der Waals surface area contributed by atoms with Gasteiger partial charge in [0.25, 0.3) is 5.91 Å². The fourth-order valence-electron chi connectivity index (χ4n) is 3.04. The monoisotopic (exact) mass is 332 g/mol. The molecule has 3 aromatic heterocycles. The second-order valence-electron chi connectivity index (χ2n) is 5.78. The number of aryl methyl sites for hydroxylation is 1. The number of nitrogens with zero attached hydrogens (tertiary/aromatic N) is 3. The van der Waals surface area contributed by atoms with Crippen molar-refractivity contribution in [2.75, 3.05) is 5.73 Å². The number of para-hydroxylation sites is 1. The molecule has 1 amide bonds. The number of rotatable bonds is 3. The molecular formula is C18H16N6O. The Hall–Kier alpha value is -3.61. The Morgan fingerprint density at radius 1 is 1.20 bits per heavy atom. The van der Waals surface area contributed by atoms with Crippen molar-refractivity contribution in [3.63, 3.8) is 0 Å². The molecule has 0 aliphatic carbocycles. The van der Waals surface area contributed by atoms with Crippen LogP contribution in [0.5, 0.6) is 0 Å². The maximum Gasteiger partial charge on any atom is 0.250 e. The quantitative estimate of drug-likeness (QED) is 0.534. The molecule has 7 heteroatoms. The third kappa shape index (κ3) is 2.42. The number of fused-ring (bicyclic) bond motifs is 1. The number of hydrogen-bond acceptors (Lipinski definition) is 4. The second kappa shape index (κ2) is 5.48. The van der Waals surface area contributed by atoms with E-state index in [9.17, 15) is 4.79 Å². The zero-order valence-corrected chi connectivity index (χ0v) is 13.5. The minimum atomic E-state index is -0.509. The van der Waals surface area contributed by atoms with Gasteiger partial charge in [-0.15, -0.1) is 0 Å². The van der Waals surface area contributed by atoms with Crippen molar-refractivity contribution in [3.05, 3.63) is 54.2 Å². The molecule has 1 aromatic carbocycles. The van der Waals surface area contributed by atoms with Gasteiger partial charge < -0.3 is 21.0 Å². The summed E-state index contributed by atoms with van der Waals surface area (Å²) in [5.74, 6) is -0.344. The topological polar surface area (TPSA) is 116 Å². The van der Waals surface area contributed by atoms with E-state index in [-0.39, 0.29) is 5.95 Å². The van der Waals surface area contributed by atoms with Crippen molar-refractivity contribution >= 4 is 22.8 Å². The summed E-state index contributed by atoms with van der Waals surface area (Å²) in [5.41, 5.74) is 15.5. The van der Waals surface area contributed by atoms with Gasteiger partial charge in [-0.3, -0.25) is 4.79 Å². The maximum atomic E-state index is 12.0. The summed E-state index contributed by atoms with van der Waals surface area (Å²) < 4.78 is 2.02. The zero-order valence-electron chi connectivity index (χ0n) is 13.5. The first-order valence-corrected chi connectivity index (χ1v) is 7.71. The molecule has 0 saturated carbocycles. The lowest BCUT2D eigenvalue weighted by Gasteiger charge is -2.04. The molecule has 4 rings (SSSR count). The number of carbonyl (C=O) groups is 1. The SMILES string of the molecule is Cn1c(-c2[nH]c(-c3ccnc(N)n3)cc2C(N)=O)cc2ccccc21. The van der Waals surface area contributed by atoms with Gasteiger partial charge >= 0.3 is 0 Å².